The van der Waals surface area contributed by atoms with E-state index in [0.717, 1.165) is 43.9 Å². The fourth-order valence-corrected chi connectivity index (χ4v) is 5.34. The number of ether oxygens (including phenoxy) is 1. The summed E-state index contributed by atoms with van der Waals surface area (Å²) in [5.41, 5.74) is 1.19. The van der Waals surface area contributed by atoms with Gasteiger partial charge in [-0.25, -0.2) is 4.98 Å². The standard InChI is InChI=1S/C18H28N4OS/c1-11(2)17-21-12(10-24-17)6-7-20-18(19-3)22-8-13-14(9-22)16-5-4-15(13)23-16/h10-11,13-16H,4-9H2,1-3H3,(H,19,20). The minimum atomic E-state index is 0.507. The van der Waals surface area contributed by atoms with Crippen LogP contribution < -0.4 is 5.32 Å². The Morgan fingerprint density at radius 3 is 2.67 bits per heavy atom. The summed E-state index contributed by atoms with van der Waals surface area (Å²) in [6.45, 7) is 7.48. The Hall–Kier alpha value is -1.14. The summed E-state index contributed by atoms with van der Waals surface area (Å²) in [6, 6.07) is 0. The summed E-state index contributed by atoms with van der Waals surface area (Å²) in [5, 5.41) is 6.96. The molecule has 6 heteroatoms. The summed E-state index contributed by atoms with van der Waals surface area (Å²) >= 11 is 1.77. The van der Waals surface area contributed by atoms with Crippen molar-refractivity contribution in [3.63, 3.8) is 0 Å². The highest BCUT2D eigenvalue weighted by atomic mass is 32.1. The lowest BCUT2D eigenvalue weighted by atomic mass is 9.82. The van der Waals surface area contributed by atoms with Gasteiger partial charge in [-0.3, -0.25) is 4.99 Å². The average Bonchev–Trinajstić information content (AvgIpc) is 3.32. The molecule has 1 aromatic heterocycles. The highest BCUT2D eigenvalue weighted by Crippen LogP contribution is 2.47. The van der Waals surface area contributed by atoms with Crippen LogP contribution >= 0.6 is 11.3 Å². The van der Waals surface area contributed by atoms with Crippen molar-refractivity contribution in [2.45, 2.75) is 51.2 Å². The van der Waals surface area contributed by atoms with Gasteiger partial charge >= 0.3 is 0 Å². The second kappa shape index (κ2) is 6.64. The maximum absolute atomic E-state index is 6.07. The van der Waals surface area contributed by atoms with E-state index in [4.69, 9.17) is 9.72 Å². The van der Waals surface area contributed by atoms with E-state index in [1.54, 1.807) is 11.3 Å². The van der Waals surface area contributed by atoms with Gasteiger partial charge in [-0.1, -0.05) is 13.8 Å². The van der Waals surface area contributed by atoms with Gasteiger partial charge in [0.05, 0.1) is 22.9 Å². The molecule has 4 unspecified atom stereocenters. The van der Waals surface area contributed by atoms with Crippen LogP contribution in [0, 0.1) is 11.8 Å². The molecule has 132 valence electrons. The predicted octanol–water partition coefficient (Wildman–Crippen LogP) is 2.49. The van der Waals surface area contributed by atoms with Gasteiger partial charge in [0.2, 0.25) is 0 Å². The van der Waals surface area contributed by atoms with Crippen molar-refractivity contribution in [2.75, 3.05) is 26.7 Å². The molecular weight excluding hydrogens is 320 g/mol. The number of aromatic nitrogens is 1. The molecule has 4 heterocycles. The molecule has 0 aliphatic carbocycles. The number of rotatable bonds is 4. The monoisotopic (exact) mass is 348 g/mol. The molecule has 3 aliphatic heterocycles. The zero-order valence-electron chi connectivity index (χ0n) is 14.9. The molecule has 0 amide bonds. The van der Waals surface area contributed by atoms with Crippen molar-refractivity contribution in [1.82, 2.24) is 15.2 Å². The van der Waals surface area contributed by atoms with Gasteiger partial charge in [0.1, 0.15) is 0 Å². The fraction of sp³-hybridized carbons (Fsp3) is 0.778. The van der Waals surface area contributed by atoms with E-state index in [-0.39, 0.29) is 0 Å². The van der Waals surface area contributed by atoms with Crippen molar-refractivity contribution in [3.05, 3.63) is 16.1 Å². The van der Waals surface area contributed by atoms with Gasteiger partial charge in [0.25, 0.3) is 0 Å². The molecule has 0 spiro atoms. The van der Waals surface area contributed by atoms with Crippen LogP contribution in [-0.4, -0.2) is 54.7 Å². The van der Waals surface area contributed by atoms with E-state index in [0.29, 0.717) is 18.1 Å². The lowest BCUT2D eigenvalue weighted by Crippen LogP contribution is -2.42. The smallest absolute Gasteiger partial charge is 0.193 e. The van der Waals surface area contributed by atoms with E-state index in [9.17, 15) is 0 Å². The molecular formula is C18H28N4OS. The Bertz CT molecular complexity index is 596. The van der Waals surface area contributed by atoms with E-state index in [1.807, 2.05) is 7.05 Å². The van der Waals surface area contributed by atoms with Crippen LogP contribution in [0.1, 0.15) is 43.3 Å². The maximum atomic E-state index is 6.07. The molecule has 1 aromatic rings. The van der Waals surface area contributed by atoms with Crippen molar-refractivity contribution in [1.29, 1.82) is 0 Å². The van der Waals surface area contributed by atoms with E-state index in [2.05, 4.69) is 34.4 Å². The van der Waals surface area contributed by atoms with E-state index < -0.39 is 0 Å². The zero-order chi connectivity index (χ0) is 16.7. The molecule has 0 radical (unpaired) electrons. The predicted molar refractivity (Wildman–Crippen MR) is 97.7 cm³/mol. The summed E-state index contributed by atoms with van der Waals surface area (Å²) in [6.07, 6.45) is 4.48. The first-order chi connectivity index (χ1) is 11.7. The van der Waals surface area contributed by atoms with Crippen LogP contribution in [-0.2, 0) is 11.2 Å². The molecule has 3 saturated heterocycles. The number of hydrogen-bond acceptors (Lipinski definition) is 4. The number of guanidine groups is 1. The summed E-state index contributed by atoms with van der Waals surface area (Å²) in [4.78, 5) is 11.7. The first-order valence-corrected chi connectivity index (χ1v) is 10.1. The van der Waals surface area contributed by atoms with Crippen LogP contribution in [0.4, 0.5) is 0 Å². The van der Waals surface area contributed by atoms with Gasteiger partial charge in [0, 0.05) is 56.2 Å². The highest BCUT2D eigenvalue weighted by molar-refractivity contribution is 7.09. The summed E-state index contributed by atoms with van der Waals surface area (Å²) < 4.78 is 6.07. The van der Waals surface area contributed by atoms with Gasteiger partial charge in [0.15, 0.2) is 5.96 Å². The number of aliphatic imine (C=N–C) groups is 1. The number of hydrogen-bond donors (Lipinski definition) is 1. The first kappa shape index (κ1) is 16.3. The van der Waals surface area contributed by atoms with Crippen molar-refractivity contribution < 1.29 is 4.74 Å². The van der Waals surface area contributed by atoms with Gasteiger partial charge in [-0.05, 0) is 12.8 Å². The SMILES string of the molecule is CN=C(NCCc1csc(C(C)C)n1)N1CC2C3CCC(O3)C2C1. The molecule has 3 aliphatic rings. The fourth-order valence-electron chi connectivity index (χ4n) is 4.47. The average molecular weight is 349 g/mol. The third-order valence-electron chi connectivity index (χ3n) is 5.69. The van der Waals surface area contributed by atoms with Crippen LogP contribution in [0.25, 0.3) is 0 Å². The van der Waals surface area contributed by atoms with Crippen LogP contribution in [0.15, 0.2) is 10.4 Å². The van der Waals surface area contributed by atoms with Crippen molar-refractivity contribution in [3.8, 4) is 0 Å². The molecule has 5 nitrogen and oxygen atoms in total. The zero-order valence-corrected chi connectivity index (χ0v) is 15.7. The Kier molecular flexibility index (Phi) is 4.52. The Morgan fingerprint density at radius 1 is 1.38 bits per heavy atom. The minimum absolute atomic E-state index is 0.507. The topological polar surface area (TPSA) is 49.8 Å². The normalized spacial score (nSPS) is 32.0. The Labute approximate surface area is 148 Å². The molecule has 4 rings (SSSR count). The quantitative estimate of drug-likeness (QED) is 0.671. The third-order valence-corrected chi connectivity index (χ3v) is 6.89. The second-order valence-electron chi connectivity index (χ2n) is 7.58. The Morgan fingerprint density at radius 2 is 2.08 bits per heavy atom. The number of likely N-dealkylation sites (tertiary alicyclic amines) is 1. The van der Waals surface area contributed by atoms with Crippen LogP contribution in [0.3, 0.4) is 0 Å². The molecule has 0 aromatic carbocycles. The largest absolute Gasteiger partial charge is 0.374 e. The molecule has 24 heavy (non-hydrogen) atoms. The van der Waals surface area contributed by atoms with Crippen molar-refractivity contribution >= 4 is 17.3 Å². The van der Waals surface area contributed by atoms with E-state index >= 15 is 0 Å². The third kappa shape index (κ3) is 2.94. The first-order valence-electron chi connectivity index (χ1n) is 9.21. The van der Waals surface area contributed by atoms with Crippen LogP contribution in [0.2, 0.25) is 0 Å². The molecule has 3 fully saturated rings. The Balaban J connectivity index is 1.29. The number of nitrogens with zero attached hydrogens (tertiary/aromatic N) is 3. The maximum Gasteiger partial charge on any atom is 0.193 e. The lowest BCUT2D eigenvalue weighted by Gasteiger charge is -2.23. The number of fused-ring (bicyclic) bond motifs is 5. The van der Waals surface area contributed by atoms with Gasteiger partial charge in [-0.15, -0.1) is 11.3 Å². The highest BCUT2D eigenvalue weighted by Gasteiger charge is 2.53. The summed E-state index contributed by atoms with van der Waals surface area (Å²) in [5.74, 6) is 3.00. The minimum Gasteiger partial charge on any atom is -0.374 e. The summed E-state index contributed by atoms with van der Waals surface area (Å²) in [7, 11) is 1.89. The molecule has 4 atom stereocenters. The number of nitrogens with one attached hydrogen (secondary N) is 1. The molecule has 1 N–H and O–H groups in total. The second-order valence-corrected chi connectivity index (χ2v) is 8.47. The number of thiazole rings is 1. The molecule has 0 saturated carbocycles. The van der Waals surface area contributed by atoms with Gasteiger partial charge < -0.3 is 15.0 Å². The van der Waals surface area contributed by atoms with Gasteiger partial charge in [-0.2, -0.15) is 0 Å². The van der Waals surface area contributed by atoms with Crippen molar-refractivity contribution in [2.24, 2.45) is 16.8 Å². The lowest BCUT2D eigenvalue weighted by molar-refractivity contribution is 0.0767. The molecule has 2 bridgehead atoms. The van der Waals surface area contributed by atoms with Crippen LogP contribution in [0.5, 0.6) is 0 Å². The van der Waals surface area contributed by atoms with E-state index in [1.165, 1.54) is 23.5 Å².